The standard InChI is InChI=1S/C10H9ClFN5O/c11-6-2-1-3-7(12)9(6)15-8(18)4-17-5-14-10(13)16-17/h1-3,5H,4H2,(H2,13,16)(H,15,18). The first-order valence-corrected chi connectivity index (χ1v) is 5.33. The van der Waals surface area contributed by atoms with Gasteiger partial charge in [0, 0.05) is 0 Å². The highest BCUT2D eigenvalue weighted by Gasteiger charge is 2.11. The van der Waals surface area contributed by atoms with Gasteiger partial charge in [0.1, 0.15) is 18.7 Å². The third kappa shape index (κ3) is 2.75. The summed E-state index contributed by atoms with van der Waals surface area (Å²) in [7, 11) is 0. The van der Waals surface area contributed by atoms with E-state index < -0.39 is 11.7 Å². The maximum atomic E-state index is 13.4. The molecule has 0 spiro atoms. The minimum absolute atomic E-state index is 0.0581. The monoisotopic (exact) mass is 269 g/mol. The highest BCUT2D eigenvalue weighted by molar-refractivity contribution is 6.33. The number of aromatic nitrogens is 3. The second-order valence-corrected chi connectivity index (χ2v) is 3.85. The first-order valence-electron chi connectivity index (χ1n) is 4.95. The number of benzene rings is 1. The summed E-state index contributed by atoms with van der Waals surface area (Å²) < 4.78 is 14.6. The van der Waals surface area contributed by atoms with Gasteiger partial charge >= 0.3 is 0 Å². The molecule has 1 heterocycles. The van der Waals surface area contributed by atoms with Crippen LogP contribution in [0.5, 0.6) is 0 Å². The van der Waals surface area contributed by atoms with Crippen LogP contribution in [0.15, 0.2) is 24.5 Å². The Bertz CT molecular complexity index is 565. The summed E-state index contributed by atoms with van der Waals surface area (Å²) in [4.78, 5) is 15.3. The summed E-state index contributed by atoms with van der Waals surface area (Å²) in [5, 5.41) is 6.22. The number of halogens is 2. The number of hydrogen-bond acceptors (Lipinski definition) is 4. The fourth-order valence-electron chi connectivity index (χ4n) is 1.33. The molecule has 8 heteroatoms. The van der Waals surface area contributed by atoms with E-state index >= 15 is 0 Å². The van der Waals surface area contributed by atoms with Crippen LogP contribution in [0.1, 0.15) is 0 Å². The molecule has 0 unspecified atom stereocenters. The van der Waals surface area contributed by atoms with Gasteiger partial charge in [0.2, 0.25) is 11.9 Å². The second kappa shape index (κ2) is 5.01. The van der Waals surface area contributed by atoms with Gasteiger partial charge < -0.3 is 11.1 Å². The highest BCUT2D eigenvalue weighted by Crippen LogP contribution is 2.24. The molecule has 3 N–H and O–H groups in total. The summed E-state index contributed by atoms with van der Waals surface area (Å²) >= 11 is 5.77. The molecule has 0 aliphatic rings. The van der Waals surface area contributed by atoms with Crippen LogP contribution in [-0.4, -0.2) is 20.7 Å². The van der Waals surface area contributed by atoms with Crippen molar-refractivity contribution < 1.29 is 9.18 Å². The first kappa shape index (κ1) is 12.3. The Morgan fingerprint density at radius 2 is 2.33 bits per heavy atom. The molecule has 2 rings (SSSR count). The van der Waals surface area contributed by atoms with Crippen molar-refractivity contribution in [1.82, 2.24) is 14.8 Å². The molecule has 1 aromatic heterocycles. The quantitative estimate of drug-likeness (QED) is 0.879. The summed E-state index contributed by atoms with van der Waals surface area (Å²) in [6.07, 6.45) is 1.30. The van der Waals surface area contributed by atoms with Gasteiger partial charge in [-0.1, -0.05) is 17.7 Å². The second-order valence-electron chi connectivity index (χ2n) is 3.45. The van der Waals surface area contributed by atoms with Crippen LogP contribution in [0.2, 0.25) is 5.02 Å². The Balaban J connectivity index is 2.08. The molecular formula is C10H9ClFN5O. The van der Waals surface area contributed by atoms with Gasteiger partial charge in [-0.15, -0.1) is 5.10 Å². The van der Waals surface area contributed by atoms with Crippen molar-refractivity contribution in [3.8, 4) is 0 Å². The summed E-state index contributed by atoms with van der Waals surface area (Å²) in [5.41, 5.74) is 5.24. The number of nitrogen functional groups attached to an aromatic ring is 1. The Morgan fingerprint density at radius 1 is 1.56 bits per heavy atom. The number of hydrogen-bond donors (Lipinski definition) is 2. The van der Waals surface area contributed by atoms with Crippen LogP contribution in [0.25, 0.3) is 0 Å². The molecule has 6 nitrogen and oxygen atoms in total. The van der Waals surface area contributed by atoms with E-state index in [0.717, 1.165) is 0 Å². The number of nitrogens with two attached hydrogens (primary N) is 1. The number of nitrogens with zero attached hydrogens (tertiary/aromatic N) is 3. The van der Waals surface area contributed by atoms with Crippen LogP contribution >= 0.6 is 11.6 Å². The molecular weight excluding hydrogens is 261 g/mol. The summed E-state index contributed by atoms with van der Waals surface area (Å²) in [6.45, 7) is -0.130. The SMILES string of the molecule is Nc1ncn(CC(=O)Nc2c(F)cccc2Cl)n1. The average Bonchev–Trinajstić information content (AvgIpc) is 2.69. The van der Waals surface area contributed by atoms with Gasteiger partial charge in [-0.2, -0.15) is 0 Å². The highest BCUT2D eigenvalue weighted by atomic mass is 35.5. The molecule has 0 bridgehead atoms. The number of carbonyl (C=O) groups excluding carboxylic acids is 1. The molecule has 0 aliphatic heterocycles. The number of nitrogens with one attached hydrogen (secondary N) is 1. The van der Waals surface area contributed by atoms with Crippen molar-refractivity contribution >= 4 is 29.1 Å². The van der Waals surface area contributed by atoms with E-state index in [2.05, 4.69) is 15.4 Å². The first-order chi connectivity index (χ1) is 8.56. The number of amides is 1. The molecule has 18 heavy (non-hydrogen) atoms. The van der Waals surface area contributed by atoms with E-state index in [1.165, 1.54) is 29.2 Å². The third-order valence-corrected chi connectivity index (χ3v) is 2.40. The topological polar surface area (TPSA) is 85.8 Å². The average molecular weight is 270 g/mol. The van der Waals surface area contributed by atoms with Crippen LogP contribution in [0.4, 0.5) is 16.0 Å². The van der Waals surface area contributed by atoms with Crippen molar-refractivity contribution in [2.24, 2.45) is 0 Å². The zero-order valence-electron chi connectivity index (χ0n) is 9.10. The number of carbonyl (C=O) groups is 1. The van der Waals surface area contributed by atoms with Crippen LogP contribution < -0.4 is 11.1 Å². The Kier molecular flexibility index (Phi) is 3.42. The lowest BCUT2D eigenvalue weighted by molar-refractivity contribution is -0.116. The molecule has 1 aromatic carbocycles. The predicted molar refractivity (Wildman–Crippen MR) is 64.5 cm³/mol. The summed E-state index contributed by atoms with van der Waals surface area (Å²) in [6, 6.07) is 4.13. The van der Waals surface area contributed by atoms with Gasteiger partial charge in [-0.3, -0.25) is 4.79 Å². The molecule has 2 aromatic rings. The molecule has 0 saturated heterocycles. The van der Waals surface area contributed by atoms with Crippen LogP contribution in [0, 0.1) is 5.82 Å². The van der Waals surface area contributed by atoms with E-state index in [4.69, 9.17) is 17.3 Å². The predicted octanol–water partition coefficient (Wildman–Crippen LogP) is 1.29. The zero-order chi connectivity index (χ0) is 13.1. The van der Waals surface area contributed by atoms with E-state index in [9.17, 15) is 9.18 Å². The maximum absolute atomic E-state index is 13.4. The third-order valence-electron chi connectivity index (χ3n) is 2.09. The lowest BCUT2D eigenvalue weighted by atomic mass is 10.3. The molecule has 0 saturated carbocycles. The van der Waals surface area contributed by atoms with Crippen molar-refractivity contribution in [2.45, 2.75) is 6.54 Å². The van der Waals surface area contributed by atoms with Gasteiger partial charge in [-0.05, 0) is 12.1 Å². The largest absolute Gasteiger partial charge is 0.367 e. The van der Waals surface area contributed by atoms with Crippen molar-refractivity contribution in [2.75, 3.05) is 11.1 Å². The fraction of sp³-hybridized carbons (Fsp3) is 0.100. The van der Waals surface area contributed by atoms with Crippen molar-refractivity contribution in [1.29, 1.82) is 0 Å². The number of para-hydroxylation sites is 1. The number of anilines is 2. The van der Waals surface area contributed by atoms with E-state index in [0.29, 0.717) is 0 Å². The molecule has 0 aliphatic carbocycles. The fourth-order valence-corrected chi connectivity index (χ4v) is 1.54. The van der Waals surface area contributed by atoms with E-state index in [1.54, 1.807) is 0 Å². The molecule has 0 radical (unpaired) electrons. The minimum Gasteiger partial charge on any atom is -0.367 e. The minimum atomic E-state index is -0.603. The Hall–Kier alpha value is -2.15. The molecule has 94 valence electrons. The zero-order valence-corrected chi connectivity index (χ0v) is 9.86. The van der Waals surface area contributed by atoms with Gasteiger partial charge in [0.15, 0.2) is 0 Å². The van der Waals surface area contributed by atoms with Crippen LogP contribution in [0.3, 0.4) is 0 Å². The number of rotatable bonds is 3. The van der Waals surface area contributed by atoms with Gasteiger partial charge in [0.25, 0.3) is 0 Å². The lowest BCUT2D eigenvalue weighted by Crippen LogP contribution is -2.20. The Labute approximate surface area is 107 Å². The van der Waals surface area contributed by atoms with Gasteiger partial charge in [-0.25, -0.2) is 14.1 Å². The van der Waals surface area contributed by atoms with Gasteiger partial charge in [0.05, 0.1) is 10.7 Å². The molecule has 1 amide bonds. The molecule has 0 atom stereocenters. The normalized spacial score (nSPS) is 10.3. The lowest BCUT2D eigenvalue weighted by Gasteiger charge is -2.07. The van der Waals surface area contributed by atoms with E-state index in [1.807, 2.05) is 0 Å². The smallest absolute Gasteiger partial charge is 0.246 e. The van der Waals surface area contributed by atoms with E-state index in [-0.39, 0.29) is 23.2 Å². The van der Waals surface area contributed by atoms with Crippen molar-refractivity contribution in [3.05, 3.63) is 35.4 Å². The maximum Gasteiger partial charge on any atom is 0.246 e. The Morgan fingerprint density at radius 3 is 2.94 bits per heavy atom. The summed E-state index contributed by atoms with van der Waals surface area (Å²) in [5.74, 6) is -1.02. The van der Waals surface area contributed by atoms with Crippen molar-refractivity contribution in [3.63, 3.8) is 0 Å². The molecule has 0 fully saturated rings. The van der Waals surface area contributed by atoms with Crippen LogP contribution in [-0.2, 0) is 11.3 Å².